The number of hydrogen-bond donors (Lipinski definition) is 1. The quantitative estimate of drug-likeness (QED) is 0.607. The Morgan fingerprint density at radius 3 is 2.88 bits per heavy atom. The van der Waals surface area contributed by atoms with E-state index in [-0.39, 0.29) is 5.54 Å². The maximum absolute atomic E-state index is 5.58. The fourth-order valence-corrected chi connectivity index (χ4v) is 1.26. The molecule has 3 nitrogen and oxygen atoms in total. The van der Waals surface area contributed by atoms with Crippen LogP contribution in [0.4, 0.5) is 0 Å². The van der Waals surface area contributed by atoms with Crippen LogP contribution < -0.4 is 10.1 Å². The van der Waals surface area contributed by atoms with Crippen molar-refractivity contribution < 1.29 is 4.74 Å². The first-order valence-electron chi connectivity index (χ1n) is 5.95. The van der Waals surface area contributed by atoms with Gasteiger partial charge in [0, 0.05) is 24.3 Å². The first kappa shape index (κ1) is 13.7. The molecule has 1 N–H and O–H groups in total. The van der Waals surface area contributed by atoms with Gasteiger partial charge in [-0.05, 0) is 33.3 Å². The van der Waals surface area contributed by atoms with Gasteiger partial charge in [0.1, 0.15) is 5.75 Å². The SMILES string of the molecule is C=CCCOc1ccnc(CNC(C)(C)C)c1. The zero-order chi connectivity index (χ0) is 12.7. The summed E-state index contributed by atoms with van der Waals surface area (Å²) in [7, 11) is 0. The van der Waals surface area contributed by atoms with E-state index in [4.69, 9.17) is 4.74 Å². The fraction of sp³-hybridized carbons (Fsp3) is 0.500. The van der Waals surface area contributed by atoms with Gasteiger partial charge in [0.15, 0.2) is 0 Å². The lowest BCUT2D eigenvalue weighted by atomic mass is 10.1. The van der Waals surface area contributed by atoms with Crippen LogP contribution in [0, 0.1) is 0 Å². The predicted octanol–water partition coefficient (Wildman–Crippen LogP) is 2.92. The maximum atomic E-state index is 5.58. The van der Waals surface area contributed by atoms with E-state index in [1.807, 2.05) is 18.2 Å². The number of aromatic nitrogens is 1. The lowest BCUT2D eigenvalue weighted by Gasteiger charge is -2.20. The standard InChI is InChI=1S/C14H22N2O/c1-5-6-9-17-13-7-8-15-12(10-13)11-16-14(2,3)4/h5,7-8,10,16H,1,6,9,11H2,2-4H3. The minimum absolute atomic E-state index is 0.0986. The minimum Gasteiger partial charge on any atom is -0.493 e. The summed E-state index contributed by atoms with van der Waals surface area (Å²) < 4.78 is 5.58. The van der Waals surface area contributed by atoms with Crippen molar-refractivity contribution in [2.24, 2.45) is 0 Å². The van der Waals surface area contributed by atoms with Gasteiger partial charge < -0.3 is 10.1 Å². The molecule has 0 aromatic carbocycles. The van der Waals surface area contributed by atoms with Crippen LogP contribution in [0.1, 0.15) is 32.9 Å². The highest BCUT2D eigenvalue weighted by atomic mass is 16.5. The Kier molecular flexibility index (Phi) is 5.16. The van der Waals surface area contributed by atoms with Crippen molar-refractivity contribution in [2.75, 3.05) is 6.61 Å². The third kappa shape index (κ3) is 6.07. The summed E-state index contributed by atoms with van der Waals surface area (Å²) in [4.78, 5) is 4.31. The summed E-state index contributed by atoms with van der Waals surface area (Å²) in [6.45, 7) is 11.5. The average molecular weight is 234 g/mol. The van der Waals surface area contributed by atoms with Crippen LogP contribution >= 0.6 is 0 Å². The molecule has 1 aromatic rings. The van der Waals surface area contributed by atoms with Crippen molar-refractivity contribution in [2.45, 2.75) is 39.3 Å². The molecule has 0 aliphatic carbocycles. The molecule has 0 saturated carbocycles. The normalized spacial score (nSPS) is 11.2. The number of rotatable bonds is 6. The lowest BCUT2D eigenvalue weighted by Crippen LogP contribution is -2.35. The Hall–Kier alpha value is -1.35. The summed E-state index contributed by atoms with van der Waals surface area (Å²) in [6.07, 6.45) is 4.49. The third-order valence-electron chi connectivity index (χ3n) is 2.18. The smallest absolute Gasteiger partial charge is 0.122 e. The highest BCUT2D eigenvalue weighted by molar-refractivity contribution is 5.22. The van der Waals surface area contributed by atoms with Crippen molar-refractivity contribution in [1.82, 2.24) is 10.3 Å². The topological polar surface area (TPSA) is 34.1 Å². The maximum Gasteiger partial charge on any atom is 0.122 e. The van der Waals surface area contributed by atoms with Gasteiger partial charge in [-0.25, -0.2) is 0 Å². The van der Waals surface area contributed by atoms with Gasteiger partial charge in [0.2, 0.25) is 0 Å². The number of pyridine rings is 1. The first-order valence-corrected chi connectivity index (χ1v) is 5.95. The van der Waals surface area contributed by atoms with E-state index in [1.54, 1.807) is 6.20 Å². The molecule has 0 aliphatic rings. The van der Waals surface area contributed by atoms with Crippen LogP contribution in [0.15, 0.2) is 31.0 Å². The number of ether oxygens (including phenoxy) is 1. The molecule has 0 saturated heterocycles. The van der Waals surface area contributed by atoms with Crippen molar-refractivity contribution >= 4 is 0 Å². The van der Waals surface area contributed by atoms with Crippen molar-refractivity contribution in [3.05, 3.63) is 36.7 Å². The average Bonchev–Trinajstić information content (AvgIpc) is 2.27. The van der Waals surface area contributed by atoms with Gasteiger partial charge in [0.05, 0.1) is 12.3 Å². The molecule has 0 radical (unpaired) electrons. The second kappa shape index (κ2) is 6.40. The Balaban J connectivity index is 2.50. The Morgan fingerprint density at radius 1 is 1.47 bits per heavy atom. The van der Waals surface area contributed by atoms with Gasteiger partial charge in [0.25, 0.3) is 0 Å². The molecular weight excluding hydrogens is 212 g/mol. The molecule has 0 fully saturated rings. The molecule has 17 heavy (non-hydrogen) atoms. The molecule has 94 valence electrons. The summed E-state index contributed by atoms with van der Waals surface area (Å²) in [5, 5.41) is 3.40. The van der Waals surface area contributed by atoms with Crippen LogP contribution in [0.2, 0.25) is 0 Å². The zero-order valence-corrected chi connectivity index (χ0v) is 11.0. The van der Waals surface area contributed by atoms with Gasteiger partial charge in [-0.3, -0.25) is 4.98 Å². The van der Waals surface area contributed by atoms with E-state index < -0.39 is 0 Å². The lowest BCUT2D eigenvalue weighted by molar-refractivity contribution is 0.323. The summed E-state index contributed by atoms with van der Waals surface area (Å²) in [5.41, 5.74) is 1.09. The van der Waals surface area contributed by atoms with Crippen LogP contribution in [-0.4, -0.2) is 17.1 Å². The molecular formula is C14H22N2O. The highest BCUT2D eigenvalue weighted by Crippen LogP contribution is 2.12. The number of nitrogens with one attached hydrogen (secondary N) is 1. The molecule has 0 aliphatic heterocycles. The molecule has 3 heteroatoms. The van der Waals surface area contributed by atoms with Gasteiger partial charge in [-0.15, -0.1) is 6.58 Å². The van der Waals surface area contributed by atoms with E-state index in [1.165, 1.54) is 0 Å². The first-order chi connectivity index (χ1) is 8.01. The summed E-state index contributed by atoms with van der Waals surface area (Å²) >= 11 is 0. The molecule has 1 rings (SSSR count). The van der Waals surface area contributed by atoms with Crippen molar-refractivity contribution in [3.63, 3.8) is 0 Å². The third-order valence-corrected chi connectivity index (χ3v) is 2.18. The second-order valence-electron chi connectivity index (χ2n) is 5.01. The molecule has 1 aromatic heterocycles. The van der Waals surface area contributed by atoms with Crippen LogP contribution in [0.3, 0.4) is 0 Å². The van der Waals surface area contributed by atoms with E-state index in [9.17, 15) is 0 Å². The Morgan fingerprint density at radius 2 is 2.24 bits per heavy atom. The molecule has 0 spiro atoms. The van der Waals surface area contributed by atoms with Crippen LogP contribution in [-0.2, 0) is 6.54 Å². The van der Waals surface area contributed by atoms with E-state index >= 15 is 0 Å². The van der Waals surface area contributed by atoms with E-state index in [0.29, 0.717) is 6.61 Å². The van der Waals surface area contributed by atoms with Gasteiger partial charge in [-0.2, -0.15) is 0 Å². The second-order valence-corrected chi connectivity index (χ2v) is 5.01. The van der Waals surface area contributed by atoms with Gasteiger partial charge in [-0.1, -0.05) is 6.08 Å². The summed E-state index contributed by atoms with van der Waals surface area (Å²) in [6, 6.07) is 3.85. The van der Waals surface area contributed by atoms with Crippen LogP contribution in [0.25, 0.3) is 0 Å². The monoisotopic (exact) mass is 234 g/mol. The molecule has 0 amide bonds. The molecule has 1 heterocycles. The molecule has 0 bridgehead atoms. The molecule has 0 unspecified atom stereocenters. The van der Waals surface area contributed by atoms with Crippen molar-refractivity contribution in [3.8, 4) is 5.75 Å². The highest BCUT2D eigenvalue weighted by Gasteiger charge is 2.09. The number of hydrogen-bond acceptors (Lipinski definition) is 3. The molecule has 0 atom stereocenters. The minimum atomic E-state index is 0.0986. The summed E-state index contributed by atoms with van der Waals surface area (Å²) in [5.74, 6) is 0.868. The Labute approximate surface area is 104 Å². The van der Waals surface area contributed by atoms with E-state index in [2.05, 4.69) is 37.7 Å². The number of nitrogens with zero attached hydrogens (tertiary/aromatic N) is 1. The fourth-order valence-electron chi connectivity index (χ4n) is 1.26. The van der Waals surface area contributed by atoms with E-state index in [0.717, 1.165) is 24.4 Å². The Bertz CT molecular complexity index is 355. The van der Waals surface area contributed by atoms with Crippen LogP contribution in [0.5, 0.6) is 5.75 Å². The van der Waals surface area contributed by atoms with Crippen molar-refractivity contribution in [1.29, 1.82) is 0 Å². The predicted molar refractivity (Wildman–Crippen MR) is 71.1 cm³/mol. The largest absolute Gasteiger partial charge is 0.493 e. The van der Waals surface area contributed by atoms with Gasteiger partial charge >= 0.3 is 0 Å². The zero-order valence-electron chi connectivity index (χ0n) is 11.0.